The van der Waals surface area contributed by atoms with Gasteiger partial charge in [0.25, 0.3) is 0 Å². The molecule has 0 amide bonds. The van der Waals surface area contributed by atoms with Crippen LogP contribution in [0.15, 0.2) is 30.3 Å². The molecule has 112 valence electrons. The van der Waals surface area contributed by atoms with Gasteiger partial charge in [-0.05, 0) is 37.3 Å². The molecule has 1 aromatic rings. The van der Waals surface area contributed by atoms with Gasteiger partial charge in [-0.15, -0.1) is 0 Å². The highest BCUT2D eigenvalue weighted by Gasteiger charge is 2.44. The maximum absolute atomic E-state index is 3.90. The molecule has 2 unspecified atom stereocenters. The molecule has 1 fully saturated rings. The van der Waals surface area contributed by atoms with E-state index >= 15 is 0 Å². The molecule has 0 aromatic heterocycles. The van der Waals surface area contributed by atoms with E-state index < -0.39 is 0 Å². The van der Waals surface area contributed by atoms with Gasteiger partial charge in [0.1, 0.15) is 0 Å². The fourth-order valence-electron chi connectivity index (χ4n) is 4.03. The van der Waals surface area contributed by atoms with Crippen molar-refractivity contribution in [1.29, 1.82) is 0 Å². The van der Waals surface area contributed by atoms with E-state index in [1.54, 1.807) is 5.56 Å². The van der Waals surface area contributed by atoms with Gasteiger partial charge in [0.2, 0.25) is 0 Å². The molecular weight excluding hydrogens is 242 g/mol. The number of benzene rings is 1. The van der Waals surface area contributed by atoms with Crippen LogP contribution in [0.25, 0.3) is 0 Å². The van der Waals surface area contributed by atoms with Gasteiger partial charge in [0.05, 0.1) is 0 Å². The van der Waals surface area contributed by atoms with Gasteiger partial charge in [-0.3, -0.25) is 0 Å². The molecule has 1 N–H and O–H groups in total. The lowest BCUT2D eigenvalue weighted by Crippen LogP contribution is -2.51. The van der Waals surface area contributed by atoms with Gasteiger partial charge in [0.15, 0.2) is 0 Å². The molecule has 0 saturated heterocycles. The summed E-state index contributed by atoms with van der Waals surface area (Å²) < 4.78 is 0. The third-order valence-corrected chi connectivity index (χ3v) is 5.27. The van der Waals surface area contributed by atoms with E-state index in [9.17, 15) is 0 Å². The molecule has 1 heteroatoms. The van der Waals surface area contributed by atoms with Crippen LogP contribution in [-0.4, -0.2) is 12.6 Å². The van der Waals surface area contributed by atoms with E-state index in [2.05, 4.69) is 56.4 Å². The Kier molecular flexibility index (Phi) is 5.65. The second-order valence-electron chi connectivity index (χ2n) is 6.55. The third kappa shape index (κ3) is 3.09. The minimum Gasteiger partial charge on any atom is -0.313 e. The van der Waals surface area contributed by atoms with Crippen molar-refractivity contribution in [3.05, 3.63) is 35.9 Å². The largest absolute Gasteiger partial charge is 0.313 e. The zero-order valence-corrected chi connectivity index (χ0v) is 13.5. The molecule has 0 aliphatic heterocycles. The van der Waals surface area contributed by atoms with Gasteiger partial charge < -0.3 is 5.32 Å². The first-order valence-electron chi connectivity index (χ1n) is 8.53. The zero-order chi connectivity index (χ0) is 14.4. The second kappa shape index (κ2) is 7.26. The molecular formula is C19H31N. The molecule has 1 aliphatic rings. The highest BCUT2D eigenvalue weighted by atomic mass is 14.9. The van der Waals surface area contributed by atoms with E-state index in [0.29, 0.717) is 11.5 Å². The maximum Gasteiger partial charge on any atom is 0.0189 e. The van der Waals surface area contributed by atoms with Crippen molar-refractivity contribution in [2.45, 2.75) is 70.8 Å². The van der Waals surface area contributed by atoms with E-state index in [-0.39, 0.29) is 0 Å². The Labute approximate surface area is 125 Å². The van der Waals surface area contributed by atoms with Crippen LogP contribution >= 0.6 is 0 Å². The lowest BCUT2D eigenvalue weighted by Gasteiger charge is -2.42. The molecule has 1 nitrogen and oxygen atoms in total. The molecule has 20 heavy (non-hydrogen) atoms. The average Bonchev–Trinajstić information content (AvgIpc) is 2.99. The predicted molar refractivity (Wildman–Crippen MR) is 88.1 cm³/mol. The van der Waals surface area contributed by atoms with Crippen molar-refractivity contribution in [1.82, 2.24) is 5.32 Å². The Morgan fingerprint density at radius 3 is 2.30 bits per heavy atom. The van der Waals surface area contributed by atoms with E-state index in [4.69, 9.17) is 0 Å². The highest BCUT2D eigenvalue weighted by Crippen LogP contribution is 2.46. The number of hydrogen-bond acceptors (Lipinski definition) is 1. The van der Waals surface area contributed by atoms with Crippen LogP contribution in [0.1, 0.15) is 64.9 Å². The summed E-state index contributed by atoms with van der Waals surface area (Å²) in [5.74, 6) is 0.736. The molecule has 0 heterocycles. The normalized spacial score (nSPS) is 20.8. The van der Waals surface area contributed by atoms with Gasteiger partial charge in [-0.2, -0.15) is 0 Å². The highest BCUT2D eigenvalue weighted by molar-refractivity contribution is 5.29. The van der Waals surface area contributed by atoms with Gasteiger partial charge in [-0.25, -0.2) is 0 Å². The molecule has 1 aliphatic carbocycles. The molecule has 2 atom stereocenters. The Balaban J connectivity index is 2.33. The molecule has 1 aromatic carbocycles. The quantitative estimate of drug-likeness (QED) is 0.744. The van der Waals surface area contributed by atoms with Crippen LogP contribution in [0, 0.1) is 5.92 Å². The Morgan fingerprint density at radius 1 is 1.10 bits per heavy atom. The standard InChI is InChI=1S/C19H31N/c1-4-15-20-18(16(3)5-2)19(13-9-10-14-19)17-11-7-6-8-12-17/h6-8,11-12,16,18,20H,4-5,9-10,13-15H2,1-3H3. The summed E-state index contributed by atoms with van der Waals surface area (Å²) in [7, 11) is 0. The van der Waals surface area contributed by atoms with Crippen molar-refractivity contribution >= 4 is 0 Å². The average molecular weight is 273 g/mol. The van der Waals surface area contributed by atoms with Gasteiger partial charge in [-0.1, -0.05) is 70.4 Å². The van der Waals surface area contributed by atoms with Crippen LogP contribution in [0.5, 0.6) is 0 Å². The first kappa shape index (κ1) is 15.6. The fourth-order valence-corrected chi connectivity index (χ4v) is 4.03. The summed E-state index contributed by atoms with van der Waals surface area (Å²) >= 11 is 0. The van der Waals surface area contributed by atoms with E-state index in [1.165, 1.54) is 38.5 Å². The fraction of sp³-hybridized carbons (Fsp3) is 0.684. The Morgan fingerprint density at radius 2 is 1.75 bits per heavy atom. The summed E-state index contributed by atoms with van der Waals surface area (Å²) in [6.45, 7) is 8.17. The van der Waals surface area contributed by atoms with Gasteiger partial charge in [0, 0.05) is 11.5 Å². The second-order valence-corrected chi connectivity index (χ2v) is 6.55. The van der Waals surface area contributed by atoms with Crippen LogP contribution in [0.4, 0.5) is 0 Å². The summed E-state index contributed by atoms with van der Waals surface area (Å²) in [6.07, 6.45) is 7.95. The van der Waals surface area contributed by atoms with Crippen LogP contribution < -0.4 is 5.32 Å². The first-order valence-corrected chi connectivity index (χ1v) is 8.53. The molecule has 2 rings (SSSR count). The molecule has 0 spiro atoms. The number of rotatable bonds is 7. The molecule has 0 radical (unpaired) electrons. The minimum absolute atomic E-state index is 0.367. The van der Waals surface area contributed by atoms with Crippen molar-refractivity contribution in [2.24, 2.45) is 5.92 Å². The summed E-state index contributed by atoms with van der Waals surface area (Å²) in [5, 5.41) is 3.90. The van der Waals surface area contributed by atoms with Crippen molar-refractivity contribution in [3.8, 4) is 0 Å². The zero-order valence-electron chi connectivity index (χ0n) is 13.5. The maximum atomic E-state index is 3.90. The number of hydrogen-bond donors (Lipinski definition) is 1. The van der Waals surface area contributed by atoms with Crippen molar-refractivity contribution in [3.63, 3.8) is 0 Å². The van der Waals surface area contributed by atoms with Crippen LogP contribution in [0.2, 0.25) is 0 Å². The van der Waals surface area contributed by atoms with E-state index in [0.717, 1.165) is 12.5 Å². The minimum atomic E-state index is 0.367. The summed E-state index contributed by atoms with van der Waals surface area (Å²) in [6, 6.07) is 11.9. The lowest BCUT2D eigenvalue weighted by atomic mass is 9.68. The van der Waals surface area contributed by atoms with Crippen molar-refractivity contribution < 1.29 is 0 Å². The monoisotopic (exact) mass is 273 g/mol. The van der Waals surface area contributed by atoms with Crippen LogP contribution in [0.3, 0.4) is 0 Å². The Hall–Kier alpha value is -0.820. The van der Waals surface area contributed by atoms with Crippen molar-refractivity contribution in [2.75, 3.05) is 6.54 Å². The van der Waals surface area contributed by atoms with Crippen LogP contribution in [-0.2, 0) is 5.41 Å². The first-order chi connectivity index (χ1) is 9.74. The van der Waals surface area contributed by atoms with E-state index in [1.807, 2.05) is 0 Å². The Bertz CT molecular complexity index is 378. The summed E-state index contributed by atoms with van der Waals surface area (Å²) in [4.78, 5) is 0. The third-order valence-electron chi connectivity index (χ3n) is 5.27. The summed E-state index contributed by atoms with van der Waals surface area (Å²) in [5.41, 5.74) is 1.93. The molecule has 1 saturated carbocycles. The predicted octanol–water partition coefficient (Wildman–Crippen LogP) is 4.91. The topological polar surface area (TPSA) is 12.0 Å². The number of nitrogens with one attached hydrogen (secondary N) is 1. The van der Waals surface area contributed by atoms with Gasteiger partial charge >= 0.3 is 0 Å². The lowest BCUT2D eigenvalue weighted by molar-refractivity contribution is 0.222. The molecule has 0 bridgehead atoms. The smallest absolute Gasteiger partial charge is 0.0189 e. The SMILES string of the molecule is CCCNC(C(C)CC)C1(c2ccccc2)CCCC1.